The highest BCUT2D eigenvalue weighted by Gasteiger charge is 2.19. The number of aryl methyl sites for hydroxylation is 1. The van der Waals surface area contributed by atoms with Gasteiger partial charge in [0.1, 0.15) is 22.5 Å². The molecule has 21 heavy (non-hydrogen) atoms. The molecule has 0 aromatic carbocycles. The molecule has 0 spiro atoms. The van der Waals surface area contributed by atoms with Crippen LogP contribution in [0.5, 0.6) is 0 Å². The Kier molecular flexibility index (Phi) is 4.77. The van der Waals surface area contributed by atoms with Gasteiger partial charge in [-0.3, -0.25) is 0 Å². The summed E-state index contributed by atoms with van der Waals surface area (Å²) in [7, 11) is 1.87. The second kappa shape index (κ2) is 6.39. The van der Waals surface area contributed by atoms with Gasteiger partial charge in [-0.25, -0.2) is 15.0 Å². The van der Waals surface area contributed by atoms with Crippen molar-refractivity contribution in [1.82, 2.24) is 15.0 Å². The largest absolute Gasteiger partial charge is 0.373 e. The number of nitrogens with one attached hydrogen (secondary N) is 2. The third-order valence-electron chi connectivity index (χ3n) is 3.02. The van der Waals surface area contributed by atoms with Gasteiger partial charge in [-0.2, -0.15) is 0 Å². The summed E-state index contributed by atoms with van der Waals surface area (Å²) in [6, 6.07) is 1.92. The van der Waals surface area contributed by atoms with Crippen molar-refractivity contribution in [2.75, 3.05) is 17.7 Å². The molecular formula is C15H23N5S. The van der Waals surface area contributed by atoms with Gasteiger partial charge in [0.05, 0.1) is 6.54 Å². The Bertz CT molecular complexity index is 600. The highest BCUT2D eigenvalue weighted by Crippen LogP contribution is 2.22. The van der Waals surface area contributed by atoms with Crippen molar-refractivity contribution >= 4 is 23.0 Å². The van der Waals surface area contributed by atoms with E-state index in [1.165, 1.54) is 4.88 Å². The van der Waals surface area contributed by atoms with Crippen LogP contribution < -0.4 is 10.6 Å². The molecule has 0 saturated heterocycles. The van der Waals surface area contributed by atoms with E-state index in [1.54, 1.807) is 11.3 Å². The first-order valence-electron chi connectivity index (χ1n) is 7.17. The molecule has 2 aromatic rings. The molecule has 0 unspecified atom stereocenters. The van der Waals surface area contributed by atoms with Crippen molar-refractivity contribution in [3.63, 3.8) is 0 Å². The lowest BCUT2D eigenvalue weighted by Gasteiger charge is -2.18. The van der Waals surface area contributed by atoms with Gasteiger partial charge in [0.25, 0.3) is 0 Å². The van der Waals surface area contributed by atoms with E-state index in [0.29, 0.717) is 6.54 Å². The fraction of sp³-hybridized carbons (Fsp3) is 0.533. The first-order valence-corrected chi connectivity index (χ1v) is 7.98. The summed E-state index contributed by atoms with van der Waals surface area (Å²) in [6.45, 7) is 9.16. The van der Waals surface area contributed by atoms with Crippen LogP contribution in [0, 0.1) is 0 Å². The van der Waals surface area contributed by atoms with E-state index in [0.717, 1.165) is 28.9 Å². The van der Waals surface area contributed by atoms with Gasteiger partial charge in [0, 0.05) is 29.6 Å². The summed E-state index contributed by atoms with van der Waals surface area (Å²) >= 11 is 1.74. The summed E-state index contributed by atoms with van der Waals surface area (Å²) in [5.41, 5.74) is -0.0835. The molecule has 0 aliphatic rings. The number of anilines is 2. The molecule has 2 N–H and O–H groups in total. The third kappa shape index (κ3) is 4.14. The van der Waals surface area contributed by atoms with E-state index in [2.05, 4.69) is 53.3 Å². The van der Waals surface area contributed by atoms with Crippen LogP contribution in [-0.2, 0) is 18.4 Å². The molecule has 0 aliphatic heterocycles. The lowest BCUT2D eigenvalue weighted by Crippen LogP contribution is -2.18. The van der Waals surface area contributed by atoms with Gasteiger partial charge in [-0.1, -0.05) is 27.7 Å². The number of aromatic nitrogens is 3. The lowest BCUT2D eigenvalue weighted by atomic mass is 9.96. The molecule has 5 nitrogen and oxygen atoms in total. The van der Waals surface area contributed by atoms with E-state index in [9.17, 15) is 0 Å². The van der Waals surface area contributed by atoms with E-state index in [1.807, 2.05) is 19.3 Å². The van der Waals surface area contributed by atoms with Crippen LogP contribution in [0.3, 0.4) is 0 Å². The zero-order chi connectivity index (χ0) is 15.5. The molecule has 0 radical (unpaired) electrons. The van der Waals surface area contributed by atoms with E-state index in [-0.39, 0.29) is 5.41 Å². The second-order valence-corrected chi connectivity index (χ2v) is 7.09. The topological polar surface area (TPSA) is 62.7 Å². The number of nitrogens with zero attached hydrogens (tertiary/aromatic N) is 3. The van der Waals surface area contributed by atoms with Crippen molar-refractivity contribution in [1.29, 1.82) is 0 Å². The maximum Gasteiger partial charge on any atom is 0.138 e. The Morgan fingerprint density at radius 1 is 1.19 bits per heavy atom. The summed E-state index contributed by atoms with van der Waals surface area (Å²) in [4.78, 5) is 14.8. The summed E-state index contributed by atoms with van der Waals surface area (Å²) in [6.07, 6.45) is 2.98. The highest BCUT2D eigenvalue weighted by atomic mass is 32.1. The highest BCUT2D eigenvalue weighted by molar-refractivity contribution is 7.11. The number of thiazole rings is 1. The Morgan fingerprint density at radius 3 is 2.48 bits per heavy atom. The zero-order valence-electron chi connectivity index (χ0n) is 13.3. The van der Waals surface area contributed by atoms with Gasteiger partial charge in [0.15, 0.2) is 0 Å². The lowest BCUT2D eigenvalue weighted by molar-refractivity contribution is 0.546. The molecule has 0 fully saturated rings. The molecule has 2 aromatic heterocycles. The van der Waals surface area contributed by atoms with E-state index in [4.69, 9.17) is 0 Å². The number of hydrogen-bond acceptors (Lipinski definition) is 6. The quantitative estimate of drug-likeness (QED) is 0.886. The first kappa shape index (κ1) is 15.7. The van der Waals surface area contributed by atoms with Gasteiger partial charge in [0.2, 0.25) is 0 Å². The minimum absolute atomic E-state index is 0.0835. The van der Waals surface area contributed by atoms with Gasteiger partial charge in [-0.15, -0.1) is 11.3 Å². The standard InChI is InChI=1S/C15H23N5S/c1-6-10-8-18-13(21-10)9-17-12-7-11(16-5)19-14(20-12)15(2,3)4/h7-8H,6,9H2,1-5H3,(H2,16,17,19,20). The predicted octanol–water partition coefficient (Wildman–Crippen LogP) is 3.45. The number of hydrogen-bond donors (Lipinski definition) is 2. The van der Waals surface area contributed by atoms with Crippen molar-refractivity contribution in [3.8, 4) is 0 Å². The van der Waals surface area contributed by atoms with Crippen LogP contribution in [-0.4, -0.2) is 22.0 Å². The maximum atomic E-state index is 4.61. The summed E-state index contributed by atoms with van der Waals surface area (Å²) in [5.74, 6) is 2.48. The first-order chi connectivity index (χ1) is 9.92. The monoisotopic (exact) mass is 305 g/mol. The van der Waals surface area contributed by atoms with Crippen molar-refractivity contribution in [2.24, 2.45) is 0 Å². The Hall–Kier alpha value is -1.69. The molecule has 0 saturated carbocycles. The molecule has 2 heterocycles. The minimum Gasteiger partial charge on any atom is -0.373 e. The molecule has 0 bridgehead atoms. The van der Waals surface area contributed by atoms with Gasteiger partial charge in [-0.05, 0) is 6.42 Å². The van der Waals surface area contributed by atoms with Crippen molar-refractivity contribution in [3.05, 3.63) is 28.0 Å². The molecular weight excluding hydrogens is 282 g/mol. The van der Waals surface area contributed by atoms with Gasteiger partial charge < -0.3 is 10.6 Å². The zero-order valence-corrected chi connectivity index (χ0v) is 14.1. The SMILES string of the molecule is CCc1cnc(CNc2cc(NC)nc(C(C)(C)C)n2)s1. The van der Waals surface area contributed by atoms with Crippen LogP contribution in [0.25, 0.3) is 0 Å². The number of rotatable bonds is 5. The Labute approximate surface area is 130 Å². The second-order valence-electron chi connectivity index (χ2n) is 5.89. The fourth-order valence-corrected chi connectivity index (χ4v) is 2.56. The fourth-order valence-electron chi connectivity index (χ4n) is 1.76. The van der Waals surface area contributed by atoms with Crippen molar-refractivity contribution in [2.45, 2.75) is 46.1 Å². The smallest absolute Gasteiger partial charge is 0.138 e. The summed E-state index contributed by atoms with van der Waals surface area (Å²) in [5, 5.41) is 7.51. The average Bonchev–Trinajstić information content (AvgIpc) is 2.92. The van der Waals surface area contributed by atoms with Crippen molar-refractivity contribution < 1.29 is 0 Å². The van der Waals surface area contributed by atoms with Crippen LogP contribution in [0.1, 0.15) is 43.4 Å². The molecule has 114 valence electrons. The van der Waals surface area contributed by atoms with Crippen LogP contribution in [0.2, 0.25) is 0 Å². The normalized spacial score (nSPS) is 11.5. The molecule has 0 atom stereocenters. The minimum atomic E-state index is -0.0835. The predicted molar refractivity (Wildman–Crippen MR) is 89.1 cm³/mol. The maximum absolute atomic E-state index is 4.61. The molecule has 2 rings (SSSR count). The van der Waals surface area contributed by atoms with E-state index < -0.39 is 0 Å². The van der Waals surface area contributed by atoms with Crippen LogP contribution in [0.4, 0.5) is 11.6 Å². The van der Waals surface area contributed by atoms with Crippen LogP contribution >= 0.6 is 11.3 Å². The van der Waals surface area contributed by atoms with Gasteiger partial charge >= 0.3 is 0 Å². The third-order valence-corrected chi connectivity index (χ3v) is 4.17. The molecule has 6 heteroatoms. The Morgan fingerprint density at radius 2 is 1.90 bits per heavy atom. The molecule has 0 amide bonds. The average molecular weight is 305 g/mol. The molecule has 0 aliphatic carbocycles. The van der Waals surface area contributed by atoms with E-state index >= 15 is 0 Å². The Balaban J connectivity index is 2.15. The summed E-state index contributed by atoms with van der Waals surface area (Å²) < 4.78 is 0. The van der Waals surface area contributed by atoms with Crippen LogP contribution in [0.15, 0.2) is 12.3 Å².